The summed E-state index contributed by atoms with van der Waals surface area (Å²) in [6, 6.07) is 64.6. The van der Waals surface area contributed by atoms with E-state index in [4.69, 9.17) is 9.47 Å². The third kappa shape index (κ3) is 17.5. The molecule has 2 N–H and O–H groups in total. The third-order valence-corrected chi connectivity index (χ3v) is 26.6. The second-order valence-corrected chi connectivity index (χ2v) is 40.5. The van der Waals surface area contributed by atoms with Crippen molar-refractivity contribution in [1.82, 2.24) is 9.13 Å². The molecule has 0 spiro atoms. The lowest BCUT2D eigenvalue weighted by Crippen LogP contribution is -2.06. The van der Waals surface area contributed by atoms with Gasteiger partial charge in [0.2, 0.25) is 0 Å². The third-order valence-electron chi connectivity index (χ3n) is 24.7. The van der Waals surface area contributed by atoms with Crippen molar-refractivity contribution >= 4 is 66.3 Å². The molecule has 0 aliphatic carbocycles. The van der Waals surface area contributed by atoms with E-state index in [1.807, 2.05) is 36.4 Å². The van der Waals surface area contributed by atoms with Crippen molar-refractivity contribution in [2.24, 2.45) is 23.7 Å². The fourth-order valence-electron chi connectivity index (χ4n) is 18.8. The van der Waals surface area contributed by atoms with Gasteiger partial charge in [-0.1, -0.05) is 275 Å². The Morgan fingerprint density at radius 3 is 0.917 bits per heavy atom. The summed E-state index contributed by atoms with van der Waals surface area (Å²) in [5.41, 5.74) is 34.5. The van der Waals surface area contributed by atoms with Crippen molar-refractivity contribution in [3.05, 3.63) is 247 Å². The predicted octanol–water partition coefficient (Wildman–Crippen LogP) is 33.4. The molecule has 4 heterocycles. The van der Waals surface area contributed by atoms with Crippen molar-refractivity contribution in [3.8, 4) is 99.8 Å². The molecule has 4 aromatic heterocycles. The number of nitrogens with zero attached hydrogens (tertiary/aromatic N) is 2. The standard InChI is InChI=1S/C112H132N2O4S2/c1-63(2)45-75-49-88(70(15)16)107(89(50-75)71(17)18)78-37-41-101-95(56-78)96-57-79(108-91(73(21)22)59-82(69(13)14)60-92(108)74(23)24)38-42-102(96)114(101)112-110(116)98(62-120-112)87-32-26-28-34-104(87)118-44-30-29-43-117-103-33-27-25-31-86(103)97-61-119-111(109(97)115)113-99-39-35-76(105-83(46-64(3)4)51-80(67(9)10)52-84(105)47-65(5)6)54-93(99)94-55-77(36-40-100(94)113)106-85(48-66(7)8)53-81(68(11)12)58-90(106)72(19)20/h25-28,31-42,49-74,115-116H,29-30,43-48H2,1-24H3. The fraction of sp³-hybridized carbons (Fsp3) is 0.393. The van der Waals surface area contributed by atoms with E-state index < -0.39 is 0 Å². The molecule has 0 atom stereocenters. The molecule has 0 fully saturated rings. The van der Waals surface area contributed by atoms with Crippen LogP contribution < -0.4 is 9.47 Å². The van der Waals surface area contributed by atoms with Gasteiger partial charge in [-0.25, -0.2) is 0 Å². The molecule has 8 heteroatoms. The highest BCUT2D eigenvalue weighted by atomic mass is 32.1. The van der Waals surface area contributed by atoms with Crippen LogP contribution in [-0.2, 0) is 25.7 Å². The number of hydrogen-bond acceptors (Lipinski definition) is 6. The Bertz CT molecular complexity index is 5980. The number of ether oxygens (including phenoxy) is 2. The van der Waals surface area contributed by atoms with E-state index in [-0.39, 0.29) is 11.5 Å². The first-order chi connectivity index (χ1) is 57.3. The molecule has 14 aromatic rings. The first-order valence-electron chi connectivity index (χ1n) is 45.2. The van der Waals surface area contributed by atoms with Gasteiger partial charge >= 0.3 is 0 Å². The molecule has 10 aromatic carbocycles. The van der Waals surface area contributed by atoms with E-state index in [9.17, 15) is 10.2 Å². The van der Waals surface area contributed by atoms with E-state index in [0.29, 0.717) is 84.2 Å². The highest BCUT2D eigenvalue weighted by Gasteiger charge is 2.30. The average Bonchev–Trinajstić information content (AvgIpc) is 1.57. The topological polar surface area (TPSA) is 68.8 Å². The summed E-state index contributed by atoms with van der Waals surface area (Å²) in [7, 11) is 0. The monoisotopic (exact) mass is 1630 g/mol. The Kier molecular flexibility index (Phi) is 26.2. The van der Waals surface area contributed by atoms with Crippen molar-refractivity contribution in [2.75, 3.05) is 13.2 Å². The number of aromatic nitrogens is 2. The molecule has 6 nitrogen and oxygen atoms in total. The molecule has 0 saturated carbocycles. The number of para-hydroxylation sites is 2. The molecule has 0 saturated heterocycles. The molecule has 0 aliphatic rings. The first-order valence-corrected chi connectivity index (χ1v) is 46.9. The zero-order valence-electron chi connectivity index (χ0n) is 76.3. The maximum Gasteiger partial charge on any atom is 0.158 e. The van der Waals surface area contributed by atoms with Gasteiger partial charge in [-0.15, -0.1) is 22.7 Å². The zero-order chi connectivity index (χ0) is 85.7. The number of rotatable bonds is 31. The lowest BCUT2D eigenvalue weighted by molar-refractivity contribution is 0.267. The lowest BCUT2D eigenvalue weighted by Gasteiger charge is -2.23. The van der Waals surface area contributed by atoms with Gasteiger partial charge in [0.1, 0.15) is 21.5 Å². The number of fused-ring (bicyclic) bond motifs is 6. The molecule has 626 valence electrons. The molecular weight excluding hydrogens is 1500 g/mol. The quantitative estimate of drug-likeness (QED) is 0.0425. The van der Waals surface area contributed by atoms with Crippen molar-refractivity contribution in [3.63, 3.8) is 0 Å². The summed E-state index contributed by atoms with van der Waals surface area (Å²) in [4.78, 5) is 0. The van der Waals surface area contributed by atoms with Gasteiger partial charge in [-0.05, 0) is 281 Å². The summed E-state index contributed by atoms with van der Waals surface area (Å²) >= 11 is 3.14. The van der Waals surface area contributed by atoms with Gasteiger partial charge < -0.3 is 19.7 Å². The molecule has 0 bridgehead atoms. The number of hydrogen-bond donors (Lipinski definition) is 2. The maximum absolute atomic E-state index is 13.0. The summed E-state index contributed by atoms with van der Waals surface area (Å²) < 4.78 is 18.2. The molecular formula is C112H132N2O4S2. The van der Waals surface area contributed by atoms with Gasteiger partial charge in [0.15, 0.2) is 11.5 Å². The van der Waals surface area contributed by atoms with E-state index in [2.05, 4.69) is 320 Å². The Hall–Kier alpha value is -9.60. The predicted molar refractivity (Wildman–Crippen MR) is 520 cm³/mol. The smallest absolute Gasteiger partial charge is 0.158 e. The van der Waals surface area contributed by atoms with Crippen molar-refractivity contribution < 1.29 is 19.7 Å². The second-order valence-electron chi connectivity index (χ2n) is 38.8. The van der Waals surface area contributed by atoms with Gasteiger partial charge in [0.25, 0.3) is 0 Å². The Morgan fingerprint density at radius 1 is 0.292 bits per heavy atom. The van der Waals surface area contributed by atoms with Gasteiger partial charge in [-0.2, -0.15) is 0 Å². The number of thiophene rings is 2. The van der Waals surface area contributed by atoms with Crippen LogP contribution in [-0.4, -0.2) is 32.6 Å². The minimum absolute atomic E-state index is 0.226. The van der Waals surface area contributed by atoms with E-state index >= 15 is 0 Å². The summed E-state index contributed by atoms with van der Waals surface area (Å²) in [5.74, 6) is 6.78. The Labute approximate surface area is 726 Å². The average molecular weight is 1630 g/mol. The van der Waals surface area contributed by atoms with E-state index in [0.717, 1.165) is 115 Å². The zero-order valence-corrected chi connectivity index (χ0v) is 78.0. The largest absolute Gasteiger partial charge is 0.504 e. The number of aromatic hydroxyl groups is 2. The van der Waals surface area contributed by atoms with Crippen LogP contribution in [0.5, 0.6) is 23.0 Å². The van der Waals surface area contributed by atoms with Gasteiger partial charge in [-0.3, -0.25) is 9.13 Å². The maximum atomic E-state index is 13.0. The lowest BCUT2D eigenvalue weighted by atomic mass is 9.81. The number of unbranched alkanes of at least 4 members (excludes halogenated alkanes) is 1. The molecule has 120 heavy (non-hydrogen) atoms. The Morgan fingerprint density at radius 2 is 0.583 bits per heavy atom. The van der Waals surface area contributed by atoms with Crippen LogP contribution in [0.2, 0.25) is 0 Å². The van der Waals surface area contributed by atoms with Crippen LogP contribution in [0.25, 0.3) is 120 Å². The summed E-state index contributed by atoms with van der Waals surface area (Å²) in [5, 5.41) is 36.3. The van der Waals surface area contributed by atoms with Crippen LogP contribution in [0, 0.1) is 23.7 Å². The van der Waals surface area contributed by atoms with Crippen molar-refractivity contribution in [1.29, 1.82) is 0 Å². The Balaban J connectivity index is 0.767. The van der Waals surface area contributed by atoms with Crippen LogP contribution in [0.1, 0.15) is 293 Å². The number of benzene rings is 10. The van der Waals surface area contributed by atoms with Gasteiger partial charge in [0, 0.05) is 54.6 Å². The van der Waals surface area contributed by atoms with Crippen LogP contribution in [0.4, 0.5) is 0 Å². The SMILES string of the molecule is CC(C)Cc1cc(C(C)C)c(-c2ccc3c(c2)c2cc(-c4c(C(C)C)cc(C(C)C)cc4C(C)C)ccc2n3-c2scc(-c3ccccc3OCCCCOc3ccccc3-c3csc(-n4c5ccc(-c6c(CC(C)C)cc(C(C)C)cc6CC(C)C)cc5c5cc(-c6c(CC(C)C)cc(C(C)C)cc6C(C)C)ccc54)c3O)c2O)c(C(C)C)c1. The molecule has 0 amide bonds. The second kappa shape index (κ2) is 36.2. The fourth-order valence-corrected chi connectivity index (χ4v) is 20.7. The van der Waals surface area contributed by atoms with E-state index in [1.165, 1.54) is 122 Å². The molecule has 14 rings (SSSR count). The summed E-state index contributed by atoms with van der Waals surface area (Å²) in [6.07, 6.45) is 5.50. The highest BCUT2D eigenvalue weighted by molar-refractivity contribution is 7.14. The van der Waals surface area contributed by atoms with Gasteiger partial charge in [0.05, 0.1) is 35.3 Å². The minimum atomic E-state index is 0.226. The molecule has 0 aliphatic heterocycles. The molecule has 0 radical (unpaired) electrons. The summed E-state index contributed by atoms with van der Waals surface area (Å²) in [6.45, 7) is 56.9. The normalized spacial score (nSPS) is 12.4. The van der Waals surface area contributed by atoms with Crippen LogP contribution in [0.3, 0.4) is 0 Å². The first kappa shape index (κ1) is 86.8. The minimum Gasteiger partial charge on any atom is -0.504 e. The highest BCUT2D eigenvalue weighted by Crippen LogP contribution is 2.53. The van der Waals surface area contributed by atoms with Crippen LogP contribution >= 0.6 is 22.7 Å². The van der Waals surface area contributed by atoms with Crippen molar-refractivity contribution in [2.45, 2.75) is 252 Å². The molecule has 0 unspecified atom stereocenters. The van der Waals surface area contributed by atoms with E-state index in [1.54, 1.807) is 22.7 Å². The van der Waals surface area contributed by atoms with Crippen LogP contribution in [0.15, 0.2) is 181 Å².